The van der Waals surface area contributed by atoms with Crippen LogP contribution in [0, 0.1) is 0 Å². The fourth-order valence-electron chi connectivity index (χ4n) is 3.59. The second-order valence-electron chi connectivity index (χ2n) is 7.88. The van der Waals surface area contributed by atoms with Crippen LogP contribution in [0.1, 0.15) is 38.8 Å². The third kappa shape index (κ3) is 6.01. The minimum absolute atomic E-state index is 0.0599. The number of H-pyrrole nitrogens is 1. The number of aromatic amines is 1. The molecule has 1 aromatic heterocycles. The molecule has 4 aromatic rings. The highest BCUT2D eigenvalue weighted by atomic mass is 32.1. The summed E-state index contributed by atoms with van der Waals surface area (Å²) in [7, 11) is 0. The second kappa shape index (κ2) is 11.0. The van der Waals surface area contributed by atoms with Crippen molar-refractivity contribution in [1.29, 1.82) is 0 Å². The van der Waals surface area contributed by atoms with Gasteiger partial charge in [0.15, 0.2) is 0 Å². The SMILES string of the molecule is CCOCc1ccc(C(=O)NCc2cccc(-c3ccc(Cc4sc(=O)[nH]c4O)cc3)c2)cc1. The fourth-order valence-corrected chi connectivity index (χ4v) is 4.35. The quantitative estimate of drug-likeness (QED) is 0.323. The Morgan fingerprint density at radius 1 is 0.971 bits per heavy atom. The summed E-state index contributed by atoms with van der Waals surface area (Å²) in [6.07, 6.45) is 0.494. The first-order chi connectivity index (χ1) is 16.5. The first-order valence-electron chi connectivity index (χ1n) is 11.1. The Hall–Kier alpha value is -3.68. The van der Waals surface area contributed by atoms with Crippen molar-refractivity contribution in [3.8, 4) is 17.0 Å². The van der Waals surface area contributed by atoms with Gasteiger partial charge in [-0.1, -0.05) is 65.9 Å². The third-order valence-corrected chi connectivity index (χ3v) is 6.29. The van der Waals surface area contributed by atoms with Crippen LogP contribution < -0.4 is 10.2 Å². The summed E-state index contributed by atoms with van der Waals surface area (Å²) < 4.78 is 5.39. The Balaban J connectivity index is 1.37. The lowest BCUT2D eigenvalue weighted by Gasteiger charge is -2.09. The van der Waals surface area contributed by atoms with Gasteiger partial charge in [-0.15, -0.1) is 0 Å². The molecule has 0 atom stereocenters. The van der Waals surface area contributed by atoms with E-state index in [1.807, 2.05) is 73.7 Å². The third-order valence-electron chi connectivity index (χ3n) is 5.42. The number of rotatable bonds is 9. The van der Waals surface area contributed by atoms with Crippen molar-refractivity contribution >= 4 is 17.2 Å². The van der Waals surface area contributed by atoms with Crippen LogP contribution >= 0.6 is 11.3 Å². The number of hydrogen-bond acceptors (Lipinski definition) is 5. The number of carbonyl (C=O) groups is 1. The average molecular weight is 475 g/mol. The first-order valence-corrected chi connectivity index (χ1v) is 11.9. The number of carbonyl (C=O) groups excluding carboxylic acids is 1. The highest BCUT2D eigenvalue weighted by Gasteiger charge is 2.09. The molecule has 0 saturated heterocycles. The molecule has 0 unspecified atom stereocenters. The van der Waals surface area contributed by atoms with Gasteiger partial charge in [0.2, 0.25) is 5.88 Å². The summed E-state index contributed by atoms with van der Waals surface area (Å²) in [4.78, 5) is 26.7. The van der Waals surface area contributed by atoms with E-state index in [1.165, 1.54) is 0 Å². The van der Waals surface area contributed by atoms with Gasteiger partial charge in [-0.3, -0.25) is 14.6 Å². The van der Waals surface area contributed by atoms with E-state index in [9.17, 15) is 14.7 Å². The normalized spacial score (nSPS) is 10.9. The van der Waals surface area contributed by atoms with Gasteiger partial charge in [0.1, 0.15) is 0 Å². The monoisotopic (exact) mass is 474 g/mol. The Kier molecular flexibility index (Phi) is 7.57. The molecule has 3 N–H and O–H groups in total. The second-order valence-corrected chi connectivity index (χ2v) is 8.94. The van der Waals surface area contributed by atoms with Gasteiger partial charge < -0.3 is 15.2 Å². The number of amides is 1. The number of aromatic nitrogens is 1. The Bertz CT molecular complexity index is 1310. The molecule has 0 aliphatic carbocycles. The summed E-state index contributed by atoms with van der Waals surface area (Å²) >= 11 is 1.02. The predicted octanol–water partition coefficient (Wildman–Crippen LogP) is 4.87. The van der Waals surface area contributed by atoms with Crippen molar-refractivity contribution in [3.63, 3.8) is 0 Å². The van der Waals surface area contributed by atoms with Crippen LogP contribution in [0.3, 0.4) is 0 Å². The number of nitrogens with one attached hydrogen (secondary N) is 2. The molecule has 1 amide bonds. The van der Waals surface area contributed by atoms with Crippen molar-refractivity contribution in [3.05, 3.63) is 110 Å². The van der Waals surface area contributed by atoms with Crippen molar-refractivity contribution < 1.29 is 14.6 Å². The van der Waals surface area contributed by atoms with Crippen molar-refractivity contribution in [2.45, 2.75) is 26.5 Å². The summed E-state index contributed by atoms with van der Waals surface area (Å²) in [5.74, 6) is -0.177. The number of ether oxygens (including phenoxy) is 1. The molecule has 0 aliphatic heterocycles. The Labute approximate surface area is 201 Å². The van der Waals surface area contributed by atoms with E-state index >= 15 is 0 Å². The minimum Gasteiger partial charge on any atom is -0.494 e. The van der Waals surface area contributed by atoms with Crippen LogP contribution in [0.4, 0.5) is 0 Å². The maximum atomic E-state index is 12.5. The molecular weight excluding hydrogens is 448 g/mol. The van der Waals surface area contributed by atoms with Crippen LogP contribution in [0.25, 0.3) is 11.1 Å². The molecule has 6 nitrogen and oxygen atoms in total. The zero-order chi connectivity index (χ0) is 23.9. The number of aromatic hydroxyl groups is 1. The number of hydrogen-bond donors (Lipinski definition) is 3. The topological polar surface area (TPSA) is 91.4 Å². The molecule has 0 radical (unpaired) electrons. The highest BCUT2D eigenvalue weighted by Crippen LogP contribution is 2.24. The van der Waals surface area contributed by atoms with Crippen LogP contribution in [-0.2, 0) is 24.3 Å². The summed E-state index contributed by atoms with van der Waals surface area (Å²) in [5.41, 5.74) is 5.76. The molecule has 7 heteroatoms. The van der Waals surface area contributed by atoms with E-state index in [-0.39, 0.29) is 16.7 Å². The summed E-state index contributed by atoms with van der Waals surface area (Å²) in [6, 6.07) is 23.5. The Morgan fingerprint density at radius 2 is 1.71 bits per heavy atom. The maximum Gasteiger partial charge on any atom is 0.307 e. The van der Waals surface area contributed by atoms with Crippen molar-refractivity contribution in [2.75, 3.05) is 6.61 Å². The highest BCUT2D eigenvalue weighted by molar-refractivity contribution is 7.09. The molecule has 1 heterocycles. The van der Waals surface area contributed by atoms with E-state index in [0.29, 0.717) is 36.6 Å². The van der Waals surface area contributed by atoms with Gasteiger partial charge in [0.25, 0.3) is 5.91 Å². The van der Waals surface area contributed by atoms with Gasteiger partial charge in [-0.25, -0.2) is 0 Å². The number of benzene rings is 3. The van der Waals surface area contributed by atoms with Crippen LogP contribution in [0.2, 0.25) is 0 Å². The van der Waals surface area contributed by atoms with Gasteiger partial charge in [-0.2, -0.15) is 0 Å². The van der Waals surface area contributed by atoms with E-state index in [1.54, 1.807) is 0 Å². The number of thiazole rings is 1. The van der Waals surface area contributed by atoms with Crippen LogP contribution in [0.5, 0.6) is 5.88 Å². The smallest absolute Gasteiger partial charge is 0.307 e. The Morgan fingerprint density at radius 3 is 2.38 bits per heavy atom. The predicted molar refractivity (Wildman–Crippen MR) is 134 cm³/mol. The summed E-state index contributed by atoms with van der Waals surface area (Å²) in [6.45, 7) is 3.58. The van der Waals surface area contributed by atoms with Gasteiger partial charge >= 0.3 is 4.87 Å². The lowest BCUT2D eigenvalue weighted by atomic mass is 10.0. The minimum atomic E-state index is -0.258. The van der Waals surface area contributed by atoms with Gasteiger partial charge in [0.05, 0.1) is 11.5 Å². The van der Waals surface area contributed by atoms with Crippen LogP contribution in [0.15, 0.2) is 77.6 Å². The van der Waals surface area contributed by atoms with Crippen LogP contribution in [-0.4, -0.2) is 22.6 Å². The van der Waals surface area contributed by atoms with E-state index < -0.39 is 0 Å². The molecule has 174 valence electrons. The fraction of sp³-hybridized carbons (Fsp3) is 0.185. The first kappa shape index (κ1) is 23.5. The van der Waals surface area contributed by atoms with Gasteiger partial charge in [-0.05, 0) is 52.9 Å². The molecule has 34 heavy (non-hydrogen) atoms. The average Bonchev–Trinajstić information content (AvgIpc) is 3.18. The molecule has 0 saturated carbocycles. The van der Waals surface area contributed by atoms with E-state index in [4.69, 9.17) is 4.74 Å². The lowest BCUT2D eigenvalue weighted by Crippen LogP contribution is -2.22. The standard InChI is InChI=1S/C27H26N2O4S/c1-2-33-17-19-8-12-22(13-9-19)25(30)28-16-20-4-3-5-23(14-20)21-10-6-18(7-11-21)15-24-26(31)29-27(32)34-24/h3-14,31H,2,15-17H2,1H3,(H,28,30)(H,29,32). The van der Waals surface area contributed by atoms with Crippen molar-refractivity contribution in [1.82, 2.24) is 10.3 Å². The molecule has 0 bridgehead atoms. The largest absolute Gasteiger partial charge is 0.494 e. The molecule has 0 spiro atoms. The van der Waals surface area contributed by atoms with Crippen molar-refractivity contribution in [2.24, 2.45) is 0 Å². The molecule has 3 aromatic carbocycles. The maximum absolute atomic E-state index is 12.5. The molecule has 4 rings (SSSR count). The lowest BCUT2D eigenvalue weighted by molar-refractivity contribution is 0.0950. The summed E-state index contributed by atoms with van der Waals surface area (Å²) in [5, 5.41) is 12.8. The van der Waals surface area contributed by atoms with E-state index in [2.05, 4.69) is 16.4 Å². The van der Waals surface area contributed by atoms with E-state index in [0.717, 1.165) is 39.2 Å². The molecule has 0 fully saturated rings. The molecule has 0 aliphatic rings. The van der Waals surface area contributed by atoms with Gasteiger partial charge in [0, 0.05) is 25.1 Å². The zero-order valence-corrected chi connectivity index (χ0v) is 19.7. The zero-order valence-electron chi connectivity index (χ0n) is 18.8. The molecular formula is C27H26N2O4S.